The molecular weight excluding hydrogens is 199 g/mol. The Balaban J connectivity index is 2.76. The number of aromatic nitrogens is 1. The number of H-pyrrole nitrogens is 1. The van der Waals surface area contributed by atoms with Gasteiger partial charge >= 0.3 is 5.97 Å². The number of nitrogens with one attached hydrogen (secondary N) is 1. The maximum absolute atomic E-state index is 13.0. The SMILES string of the molecule is COC(=O)c1c(N)[nH]c2ccc(F)cc12. The van der Waals surface area contributed by atoms with E-state index in [0.717, 1.165) is 0 Å². The summed E-state index contributed by atoms with van der Waals surface area (Å²) in [5.41, 5.74) is 6.38. The van der Waals surface area contributed by atoms with Gasteiger partial charge in [-0.25, -0.2) is 9.18 Å². The van der Waals surface area contributed by atoms with Crippen molar-refractivity contribution in [3.8, 4) is 0 Å². The summed E-state index contributed by atoms with van der Waals surface area (Å²) in [4.78, 5) is 14.2. The van der Waals surface area contributed by atoms with Gasteiger partial charge in [-0.1, -0.05) is 0 Å². The number of benzene rings is 1. The van der Waals surface area contributed by atoms with E-state index in [2.05, 4.69) is 9.72 Å². The first-order valence-electron chi connectivity index (χ1n) is 4.28. The van der Waals surface area contributed by atoms with Crippen molar-refractivity contribution >= 4 is 22.7 Å². The molecule has 4 nitrogen and oxygen atoms in total. The number of ether oxygens (including phenoxy) is 1. The Bertz CT molecular complexity index is 533. The molecular formula is C10H9FN2O2. The average Bonchev–Trinajstić information content (AvgIpc) is 2.52. The smallest absolute Gasteiger partial charge is 0.342 e. The molecule has 5 heteroatoms. The van der Waals surface area contributed by atoms with Gasteiger partial charge in [-0.3, -0.25) is 0 Å². The van der Waals surface area contributed by atoms with Crippen molar-refractivity contribution in [3.63, 3.8) is 0 Å². The minimum Gasteiger partial charge on any atom is -0.465 e. The van der Waals surface area contributed by atoms with E-state index in [1.54, 1.807) is 0 Å². The monoisotopic (exact) mass is 208 g/mol. The zero-order chi connectivity index (χ0) is 11.0. The number of hydrogen-bond acceptors (Lipinski definition) is 3. The molecule has 0 aliphatic rings. The Labute approximate surface area is 84.8 Å². The molecule has 78 valence electrons. The van der Waals surface area contributed by atoms with E-state index in [1.807, 2.05) is 0 Å². The number of methoxy groups -OCH3 is 1. The fourth-order valence-electron chi connectivity index (χ4n) is 1.51. The van der Waals surface area contributed by atoms with E-state index in [-0.39, 0.29) is 11.4 Å². The first-order chi connectivity index (χ1) is 7.13. The van der Waals surface area contributed by atoms with E-state index in [1.165, 1.54) is 25.3 Å². The van der Waals surface area contributed by atoms with Crippen LogP contribution in [0.15, 0.2) is 18.2 Å². The first-order valence-corrected chi connectivity index (χ1v) is 4.28. The lowest BCUT2D eigenvalue weighted by atomic mass is 10.1. The van der Waals surface area contributed by atoms with Crippen LogP contribution in [0.4, 0.5) is 10.2 Å². The molecule has 1 heterocycles. The number of carbonyl (C=O) groups excluding carboxylic acids is 1. The number of nitrogens with two attached hydrogens (primary N) is 1. The molecule has 0 saturated carbocycles. The average molecular weight is 208 g/mol. The third-order valence-corrected chi connectivity index (χ3v) is 2.18. The molecule has 0 aliphatic heterocycles. The number of esters is 1. The highest BCUT2D eigenvalue weighted by Gasteiger charge is 2.17. The Morgan fingerprint density at radius 2 is 2.27 bits per heavy atom. The summed E-state index contributed by atoms with van der Waals surface area (Å²) in [5.74, 6) is -0.821. The minimum atomic E-state index is -0.579. The Morgan fingerprint density at radius 3 is 2.93 bits per heavy atom. The van der Waals surface area contributed by atoms with Crippen LogP contribution in [0.5, 0.6) is 0 Å². The third-order valence-electron chi connectivity index (χ3n) is 2.18. The maximum Gasteiger partial charge on any atom is 0.342 e. The van der Waals surface area contributed by atoms with Crippen LogP contribution in [0.3, 0.4) is 0 Å². The zero-order valence-electron chi connectivity index (χ0n) is 8.00. The summed E-state index contributed by atoms with van der Waals surface area (Å²) in [6, 6.07) is 4.06. The van der Waals surface area contributed by atoms with Crippen molar-refractivity contribution in [1.82, 2.24) is 4.98 Å². The van der Waals surface area contributed by atoms with Gasteiger partial charge in [0, 0.05) is 10.9 Å². The van der Waals surface area contributed by atoms with Crippen molar-refractivity contribution in [1.29, 1.82) is 0 Å². The van der Waals surface area contributed by atoms with Gasteiger partial charge < -0.3 is 15.5 Å². The van der Waals surface area contributed by atoms with Gasteiger partial charge in [-0.2, -0.15) is 0 Å². The van der Waals surface area contributed by atoms with Crippen LogP contribution >= 0.6 is 0 Å². The number of fused-ring (bicyclic) bond motifs is 1. The van der Waals surface area contributed by atoms with Crippen LogP contribution in [0.2, 0.25) is 0 Å². The number of aromatic amines is 1. The normalized spacial score (nSPS) is 10.5. The predicted octanol–water partition coefficient (Wildman–Crippen LogP) is 1.68. The molecule has 0 radical (unpaired) electrons. The maximum atomic E-state index is 13.0. The standard InChI is InChI=1S/C10H9FN2O2/c1-15-10(14)8-6-4-5(11)2-3-7(6)13-9(8)12/h2-4,13H,12H2,1H3. The topological polar surface area (TPSA) is 68.1 Å². The highest BCUT2D eigenvalue weighted by atomic mass is 19.1. The molecule has 2 aromatic rings. The van der Waals surface area contributed by atoms with E-state index in [9.17, 15) is 9.18 Å². The molecule has 0 amide bonds. The number of hydrogen-bond donors (Lipinski definition) is 2. The van der Waals surface area contributed by atoms with Crippen LogP contribution in [0.1, 0.15) is 10.4 Å². The summed E-state index contributed by atoms with van der Waals surface area (Å²) in [6.07, 6.45) is 0. The van der Waals surface area contributed by atoms with Gasteiger partial charge in [-0.15, -0.1) is 0 Å². The fraction of sp³-hybridized carbons (Fsp3) is 0.100. The van der Waals surface area contributed by atoms with E-state index < -0.39 is 11.8 Å². The van der Waals surface area contributed by atoms with Crippen LogP contribution in [0.25, 0.3) is 10.9 Å². The molecule has 0 bridgehead atoms. The minimum absolute atomic E-state index is 0.173. The van der Waals surface area contributed by atoms with Crippen LogP contribution in [-0.2, 0) is 4.74 Å². The second-order valence-corrected chi connectivity index (χ2v) is 3.10. The van der Waals surface area contributed by atoms with E-state index in [4.69, 9.17) is 5.73 Å². The molecule has 0 spiro atoms. The lowest BCUT2D eigenvalue weighted by molar-refractivity contribution is 0.0604. The lowest BCUT2D eigenvalue weighted by Crippen LogP contribution is -2.03. The van der Waals surface area contributed by atoms with Crippen LogP contribution in [0, 0.1) is 5.82 Å². The summed E-state index contributed by atoms with van der Waals surface area (Å²) in [7, 11) is 1.25. The number of rotatable bonds is 1. The molecule has 0 unspecified atom stereocenters. The number of anilines is 1. The van der Waals surface area contributed by atoms with Crippen molar-refractivity contribution < 1.29 is 13.9 Å². The Morgan fingerprint density at radius 1 is 1.53 bits per heavy atom. The van der Waals surface area contributed by atoms with Crippen molar-refractivity contribution in [3.05, 3.63) is 29.6 Å². The fourth-order valence-corrected chi connectivity index (χ4v) is 1.51. The Hall–Kier alpha value is -2.04. The molecule has 3 N–H and O–H groups in total. The largest absolute Gasteiger partial charge is 0.465 e. The number of carbonyl (C=O) groups is 1. The predicted molar refractivity (Wildman–Crippen MR) is 54.0 cm³/mol. The Kier molecular flexibility index (Phi) is 2.07. The lowest BCUT2D eigenvalue weighted by Gasteiger charge is -1.97. The van der Waals surface area contributed by atoms with Gasteiger partial charge in [0.05, 0.1) is 7.11 Å². The molecule has 15 heavy (non-hydrogen) atoms. The van der Waals surface area contributed by atoms with E-state index in [0.29, 0.717) is 10.9 Å². The van der Waals surface area contributed by atoms with Crippen molar-refractivity contribution in [2.24, 2.45) is 0 Å². The summed E-state index contributed by atoms with van der Waals surface area (Å²) in [6.45, 7) is 0. The quantitative estimate of drug-likeness (QED) is 0.700. The van der Waals surface area contributed by atoms with Gasteiger partial charge in [0.2, 0.25) is 0 Å². The molecule has 1 aromatic carbocycles. The zero-order valence-corrected chi connectivity index (χ0v) is 8.00. The highest BCUT2D eigenvalue weighted by molar-refractivity contribution is 6.08. The summed E-state index contributed by atoms with van der Waals surface area (Å²) in [5, 5.41) is 0.430. The van der Waals surface area contributed by atoms with Crippen LogP contribution in [-0.4, -0.2) is 18.1 Å². The van der Waals surface area contributed by atoms with Crippen LogP contribution < -0.4 is 5.73 Å². The third kappa shape index (κ3) is 1.41. The second-order valence-electron chi connectivity index (χ2n) is 3.10. The first kappa shape index (κ1) is 9.51. The van der Waals surface area contributed by atoms with E-state index >= 15 is 0 Å². The van der Waals surface area contributed by atoms with Crippen molar-refractivity contribution in [2.45, 2.75) is 0 Å². The van der Waals surface area contributed by atoms with Gasteiger partial charge in [0.25, 0.3) is 0 Å². The second kappa shape index (κ2) is 3.27. The van der Waals surface area contributed by atoms with Crippen molar-refractivity contribution in [2.75, 3.05) is 12.8 Å². The van der Waals surface area contributed by atoms with Gasteiger partial charge in [-0.05, 0) is 18.2 Å². The molecule has 2 rings (SSSR count). The van der Waals surface area contributed by atoms with Gasteiger partial charge in [0.1, 0.15) is 17.2 Å². The summed E-state index contributed by atoms with van der Waals surface area (Å²) >= 11 is 0. The highest BCUT2D eigenvalue weighted by Crippen LogP contribution is 2.25. The molecule has 0 saturated heterocycles. The molecule has 0 atom stereocenters. The number of halogens is 1. The molecule has 0 aliphatic carbocycles. The summed E-state index contributed by atoms with van der Waals surface area (Å²) < 4.78 is 17.5. The molecule has 0 fully saturated rings. The van der Waals surface area contributed by atoms with Gasteiger partial charge in [0.15, 0.2) is 0 Å². The number of nitrogen functional groups attached to an aromatic ring is 1. The molecule has 1 aromatic heterocycles.